The van der Waals surface area contributed by atoms with Crippen molar-refractivity contribution in [1.82, 2.24) is 10.3 Å². The molecule has 1 fully saturated rings. The van der Waals surface area contributed by atoms with Gasteiger partial charge in [-0.3, -0.25) is 9.78 Å². The van der Waals surface area contributed by atoms with Crippen LogP contribution in [0.2, 0.25) is 0 Å². The molecule has 1 aromatic rings. The third kappa shape index (κ3) is 3.11. The number of nitrogens with zero attached hydrogens (tertiary/aromatic N) is 1. The lowest BCUT2D eigenvalue weighted by molar-refractivity contribution is 0.0929. The fourth-order valence-electron chi connectivity index (χ4n) is 3.09. The van der Waals surface area contributed by atoms with Crippen molar-refractivity contribution in [1.29, 1.82) is 0 Å². The largest absolute Gasteiger partial charge is 0.387 e. The van der Waals surface area contributed by atoms with Crippen LogP contribution >= 0.6 is 0 Å². The summed E-state index contributed by atoms with van der Waals surface area (Å²) < 4.78 is 0. The van der Waals surface area contributed by atoms with Crippen LogP contribution in [0.4, 0.5) is 5.69 Å². The summed E-state index contributed by atoms with van der Waals surface area (Å²) >= 11 is 0. The Kier molecular flexibility index (Phi) is 4.63. The highest BCUT2D eigenvalue weighted by Crippen LogP contribution is 2.40. The van der Waals surface area contributed by atoms with Crippen LogP contribution in [0.3, 0.4) is 0 Å². The van der Waals surface area contributed by atoms with Crippen molar-refractivity contribution in [2.24, 2.45) is 5.41 Å². The molecule has 1 aliphatic rings. The Morgan fingerprint density at radius 2 is 2.10 bits per heavy atom. The third-order valence-electron chi connectivity index (χ3n) is 4.59. The SMILES string of the molecule is CCC1(CNC(=O)c2cnc(C)cc2NC)CCCC1. The van der Waals surface area contributed by atoms with E-state index in [1.54, 1.807) is 6.20 Å². The fraction of sp³-hybridized carbons (Fsp3) is 0.625. The van der Waals surface area contributed by atoms with Crippen molar-refractivity contribution in [3.8, 4) is 0 Å². The smallest absolute Gasteiger partial charge is 0.254 e. The molecule has 0 saturated heterocycles. The molecule has 1 aromatic heterocycles. The van der Waals surface area contributed by atoms with Crippen LogP contribution in [0.15, 0.2) is 12.3 Å². The minimum Gasteiger partial charge on any atom is -0.387 e. The van der Waals surface area contributed by atoms with Gasteiger partial charge in [0, 0.05) is 25.5 Å². The lowest BCUT2D eigenvalue weighted by Crippen LogP contribution is -2.36. The van der Waals surface area contributed by atoms with E-state index in [-0.39, 0.29) is 5.91 Å². The summed E-state index contributed by atoms with van der Waals surface area (Å²) in [7, 11) is 1.83. The Bertz CT molecular complexity index is 479. The molecule has 0 spiro atoms. The number of pyridine rings is 1. The Balaban J connectivity index is 2.05. The van der Waals surface area contributed by atoms with Crippen molar-refractivity contribution >= 4 is 11.6 Å². The third-order valence-corrected chi connectivity index (χ3v) is 4.59. The van der Waals surface area contributed by atoms with Crippen LogP contribution in [0.25, 0.3) is 0 Å². The maximum Gasteiger partial charge on any atom is 0.254 e. The molecular weight excluding hydrogens is 250 g/mol. The zero-order valence-electron chi connectivity index (χ0n) is 12.8. The minimum atomic E-state index is -0.0263. The average molecular weight is 275 g/mol. The molecule has 2 N–H and O–H groups in total. The monoisotopic (exact) mass is 275 g/mol. The zero-order valence-corrected chi connectivity index (χ0v) is 12.8. The molecule has 1 heterocycles. The molecule has 0 bridgehead atoms. The van der Waals surface area contributed by atoms with Crippen LogP contribution in [-0.2, 0) is 0 Å². The van der Waals surface area contributed by atoms with Crippen molar-refractivity contribution in [3.05, 3.63) is 23.5 Å². The number of carbonyl (C=O) groups is 1. The molecule has 110 valence electrons. The van der Waals surface area contributed by atoms with E-state index in [0.29, 0.717) is 11.0 Å². The quantitative estimate of drug-likeness (QED) is 0.868. The first kappa shape index (κ1) is 14.8. The second-order valence-corrected chi connectivity index (χ2v) is 5.86. The van der Waals surface area contributed by atoms with E-state index in [2.05, 4.69) is 22.5 Å². The van der Waals surface area contributed by atoms with E-state index in [1.165, 1.54) is 25.7 Å². The van der Waals surface area contributed by atoms with Gasteiger partial charge >= 0.3 is 0 Å². The highest BCUT2D eigenvalue weighted by atomic mass is 16.1. The Hall–Kier alpha value is -1.58. The van der Waals surface area contributed by atoms with Gasteiger partial charge in [0.1, 0.15) is 0 Å². The molecule has 0 radical (unpaired) electrons. The van der Waals surface area contributed by atoms with Gasteiger partial charge in [-0.25, -0.2) is 0 Å². The van der Waals surface area contributed by atoms with Crippen molar-refractivity contribution in [3.63, 3.8) is 0 Å². The molecule has 1 saturated carbocycles. The molecule has 0 unspecified atom stereocenters. The van der Waals surface area contributed by atoms with E-state index in [1.807, 2.05) is 20.0 Å². The van der Waals surface area contributed by atoms with E-state index >= 15 is 0 Å². The molecular formula is C16H25N3O. The van der Waals surface area contributed by atoms with Gasteiger partial charge in [-0.15, -0.1) is 0 Å². The second kappa shape index (κ2) is 6.25. The topological polar surface area (TPSA) is 54.0 Å². The maximum atomic E-state index is 12.4. The van der Waals surface area contributed by atoms with Gasteiger partial charge in [-0.2, -0.15) is 0 Å². The predicted molar refractivity (Wildman–Crippen MR) is 82.0 cm³/mol. The molecule has 2 rings (SSSR count). The number of aromatic nitrogens is 1. The van der Waals surface area contributed by atoms with Crippen LogP contribution in [0.5, 0.6) is 0 Å². The lowest BCUT2D eigenvalue weighted by atomic mass is 9.83. The first-order chi connectivity index (χ1) is 9.60. The molecule has 0 atom stereocenters. The first-order valence-electron chi connectivity index (χ1n) is 7.53. The average Bonchev–Trinajstić information content (AvgIpc) is 2.94. The van der Waals surface area contributed by atoms with Crippen molar-refractivity contribution in [2.45, 2.75) is 46.0 Å². The van der Waals surface area contributed by atoms with E-state index in [9.17, 15) is 4.79 Å². The maximum absolute atomic E-state index is 12.4. The molecule has 0 aliphatic heterocycles. The van der Waals surface area contributed by atoms with Crippen LogP contribution in [-0.4, -0.2) is 24.5 Å². The van der Waals surface area contributed by atoms with Crippen LogP contribution < -0.4 is 10.6 Å². The Labute approximate surface area is 121 Å². The first-order valence-corrected chi connectivity index (χ1v) is 7.53. The number of hydrogen-bond acceptors (Lipinski definition) is 3. The normalized spacial score (nSPS) is 16.9. The van der Waals surface area contributed by atoms with Gasteiger partial charge in [-0.05, 0) is 37.7 Å². The highest BCUT2D eigenvalue weighted by molar-refractivity contribution is 5.99. The summed E-state index contributed by atoms with van der Waals surface area (Å²) in [5, 5.41) is 6.18. The standard InChI is InChI=1S/C16H25N3O/c1-4-16(7-5-6-8-16)11-19-15(20)13-10-18-12(2)9-14(13)17-3/h9-10H,4-8,11H2,1-3H3,(H,17,18)(H,19,20). The summed E-state index contributed by atoms with van der Waals surface area (Å²) in [6.07, 6.45) is 7.83. The number of nitrogens with one attached hydrogen (secondary N) is 2. The second-order valence-electron chi connectivity index (χ2n) is 5.86. The van der Waals surface area contributed by atoms with Gasteiger partial charge in [0.25, 0.3) is 5.91 Å². The number of carbonyl (C=O) groups excluding carboxylic acids is 1. The summed E-state index contributed by atoms with van der Waals surface area (Å²) in [6.45, 7) is 4.93. The van der Waals surface area contributed by atoms with Gasteiger partial charge in [0.05, 0.1) is 11.3 Å². The van der Waals surface area contributed by atoms with E-state index in [4.69, 9.17) is 0 Å². The van der Waals surface area contributed by atoms with Gasteiger partial charge in [-0.1, -0.05) is 19.8 Å². The summed E-state index contributed by atoms with van der Waals surface area (Å²) in [5.41, 5.74) is 2.69. The fourth-order valence-corrected chi connectivity index (χ4v) is 3.09. The number of amides is 1. The van der Waals surface area contributed by atoms with Crippen molar-refractivity contribution < 1.29 is 4.79 Å². The Morgan fingerprint density at radius 1 is 1.40 bits per heavy atom. The van der Waals surface area contributed by atoms with Crippen LogP contribution in [0.1, 0.15) is 55.1 Å². The van der Waals surface area contributed by atoms with Crippen LogP contribution in [0, 0.1) is 12.3 Å². The van der Waals surface area contributed by atoms with Gasteiger partial charge in [0.2, 0.25) is 0 Å². The van der Waals surface area contributed by atoms with Gasteiger partial charge in [0.15, 0.2) is 0 Å². The molecule has 20 heavy (non-hydrogen) atoms. The minimum absolute atomic E-state index is 0.0263. The number of anilines is 1. The van der Waals surface area contributed by atoms with E-state index < -0.39 is 0 Å². The zero-order chi connectivity index (χ0) is 14.6. The number of rotatable bonds is 5. The number of aryl methyl sites for hydroxylation is 1. The molecule has 1 amide bonds. The Morgan fingerprint density at radius 3 is 2.70 bits per heavy atom. The summed E-state index contributed by atoms with van der Waals surface area (Å²) in [4.78, 5) is 16.6. The molecule has 0 aromatic carbocycles. The number of hydrogen-bond donors (Lipinski definition) is 2. The van der Waals surface area contributed by atoms with Crippen molar-refractivity contribution in [2.75, 3.05) is 18.9 Å². The molecule has 4 nitrogen and oxygen atoms in total. The molecule has 4 heteroatoms. The predicted octanol–water partition coefficient (Wildman–Crippen LogP) is 3.13. The molecule has 1 aliphatic carbocycles. The summed E-state index contributed by atoms with van der Waals surface area (Å²) in [5.74, 6) is -0.0263. The summed E-state index contributed by atoms with van der Waals surface area (Å²) in [6, 6.07) is 1.90. The van der Waals surface area contributed by atoms with E-state index in [0.717, 1.165) is 24.3 Å². The van der Waals surface area contributed by atoms with Gasteiger partial charge < -0.3 is 10.6 Å². The lowest BCUT2D eigenvalue weighted by Gasteiger charge is -2.27. The highest BCUT2D eigenvalue weighted by Gasteiger charge is 2.32.